The Bertz CT molecular complexity index is 1260. The van der Waals surface area contributed by atoms with E-state index in [-0.39, 0.29) is 28.0 Å². The first kappa shape index (κ1) is 21.8. The molecule has 0 aliphatic carbocycles. The number of nitrogens with zero attached hydrogens (tertiary/aromatic N) is 4. The number of rotatable bonds is 8. The second-order valence-corrected chi connectivity index (χ2v) is 8.14. The minimum atomic E-state index is -4.60. The molecule has 0 amide bonds. The van der Waals surface area contributed by atoms with Crippen LogP contribution in [0.15, 0.2) is 69.9 Å². The maximum Gasteiger partial charge on any atom is 0.318 e. The van der Waals surface area contributed by atoms with Crippen LogP contribution in [-0.4, -0.2) is 58.1 Å². The van der Waals surface area contributed by atoms with E-state index >= 15 is 0 Å². The Kier molecular flexibility index (Phi) is 6.22. The Balaban J connectivity index is 2.21. The van der Waals surface area contributed by atoms with Gasteiger partial charge in [-0.25, -0.2) is 13.4 Å². The summed E-state index contributed by atoms with van der Waals surface area (Å²) >= 11 is 0. The van der Waals surface area contributed by atoms with Crippen LogP contribution in [-0.2, 0) is 19.6 Å². The van der Waals surface area contributed by atoms with E-state index in [4.69, 9.17) is 10.2 Å². The number of carboxylic acid groups (broad SMARTS) is 2. The molecule has 0 bridgehead atoms. The monoisotopic (exact) mass is 444 g/mol. The number of aromatic hydroxyl groups is 1. The molecular weight excluding hydrogens is 428 g/mol. The van der Waals surface area contributed by atoms with Crippen LogP contribution in [0.25, 0.3) is 10.8 Å². The second-order valence-electron chi connectivity index (χ2n) is 6.24. The molecule has 3 N–H and O–H groups in total. The molecule has 0 saturated carbocycles. The van der Waals surface area contributed by atoms with Gasteiger partial charge in [-0.15, -0.1) is 10.2 Å². The predicted molar refractivity (Wildman–Crippen MR) is 108 cm³/mol. The van der Waals surface area contributed by atoms with Crippen LogP contribution in [0.3, 0.4) is 0 Å². The first-order chi connectivity index (χ1) is 14.7. The van der Waals surface area contributed by atoms with Crippen LogP contribution in [0.5, 0.6) is 5.75 Å². The van der Waals surface area contributed by atoms with Gasteiger partial charge in [0.05, 0.1) is 4.90 Å². The second kappa shape index (κ2) is 8.85. The first-order valence-electron chi connectivity index (χ1n) is 8.71. The molecule has 2 aromatic carbocycles. The largest absolute Gasteiger partial charge is 0.505 e. The van der Waals surface area contributed by atoms with E-state index in [0.29, 0.717) is 4.31 Å². The van der Waals surface area contributed by atoms with E-state index in [9.17, 15) is 23.1 Å². The van der Waals surface area contributed by atoms with Crippen LogP contribution < -0.4 is 0 Å². The molecule has 0 saturated heterocycles. The first-order valence-corrected chi connectivity index (χ1v) is 10.2. The molecule has 0 fully saturated rings. The van der Waals surface area contributed by atoms with Gasteiger partial charge in [-0.2, -0.15) is 4.31 Å². The Morgan fingerprint density at radius 2 is 1.55 bits per heavy atom. The van der Waals surface area contributed by atoms with Crippen molar-refractivity contribution in [1.29, 1.82) is 0 Å². The Hall–Kier alpha value is -3.90. The maximum absolute atomic E-state index is 13.2. The van der Waals surface area contributed by atoms with Crippen LogP contribution in [0.2, 0.25) is 0 Å². The van der Waals surface area contributed by atoms with Crippen molar-refractivity contribution in [3.8, 4) is 5.75 Å². The number of fused-ring (bicyclic) bond motifs is 1. The number of carboxylic acids is 2. The van der Waals surface area contributed by atoms with Crippen molar-refractivity contribution in [2.45, 2.75) is 4.90 Å². The average molecular weight is 444 g/mol. The fourth-order valence-corrected chi connectivity index (χ4v) is 4.34. The summed E-state index contributed by atoms with van der Waals surface area (Å²) in [5.41, 5.74) is -0.214. The number of aromatic nitrogens is 1. The zero-order chi connectivity index (χ0) is 22.6. The van der Waals surface area contributed by atoms with Gasteiger partial charge < -0.3 is 15.3 Å². The summed E-state index contributed by atoms with van der Waals surface area (Å²) < 4.78 is 26.7. The summed E-state index contributed by atoms with van der Waals surface area (Å²) in [5.74, 6) is -3.19. The number of azo groups is 1. The summed E-state index contributed by atoms with van der Waals surface area (Å²) in [5, 5.41) is 36.6. The van der Waals surface area contributed by atoms with Gasteiger partial charge in [-0.1, -0.05) is 30.3 Å². The summed E-state index contributed by atoms with van der Waals surface area (Å²) in [6.07, 6.45) is 1.47. The Morgan fingerprint density at radius 3 is 2.13 bits per heavy atom. The van der Waals surface area contributed by atoms with Gasteiger partial charge >= 0.3 is 11.9 Å². The lowest BCUT2D eigenvalue weighted by Gasteiger charge is -2.20. The third kappa shape index (κ3) is 4.82. The fraction of sp³-hybridized carbons (Fsp3) is 0.105. The molecule has 1 aromatic heterocycles. The van der Waals surface area contributed by atoms with E-state index in [0.717, 1.165) is 6.07 Å². The minimum absolute atomic E-state index is 0.0672. The molecule has 3 rings (SSSR count). The molecule has 160 valence electrons. The topological polar surface area (TPSA) is 170 Å². The van der Waals surface area contributed by atoms with Crippen molar-refractivity contribution in [2.75, 3.05) is 13.1 Å². The van der Waals surface area contributed by atoms with E-state index in [1.807, 2.05) is 0 Å². The lowest BCUT2D eigenvalue weighted by atomic mass is 10.1. The van der Waals surface area contributed by atoms with Crippen LogP contribution >= 0.6 is 0 Å². The molecular formula is C19H16N4O7S. The van der Waals surface area contributed by atoms with Crippen molar-refractivity contribution in [1.82, 2.24) is 9.29 Å². The molecule has 31 heavy (non-hydrogen) atoms. The molecule has 0 unspecified atom stereocenters. The number of carbonyl (C=O) groups is 2. The van der Waals surface area contributed by atoms with E-state index in [1.165, 1.54) is 24.4 Å². The number of benzene rings is 2. The van der Waals surface area contributed by atoms with Crippen molar-refractivity contribution in [2.24, 2.45) is 10.2 Å². The van der Waals surface area contributed by atoms with Gasteiger partial charge in [0.15, 0.2) is 11.6 Å². The predicted octanol–water partition coefficient (Wildman–Crippen LogP) is 2.52. The van der Waals surface area contributed by atoms with Crippen LogP contribution in [0.1, 0.15) is 0 Å². The number of phenolic OH excluding ortho intramolecular Hbond substituents is 1. The number of pyridine rings is 1. The van der Waals surface area contributed by atoms with Crippen LogP contribution in [0, 0.1) is 0 Å². The van der Waals surface area contributed by atoms with Crippen molar-refractivity contribution < 1.29 is 33.3 Å². The Morgan fingerprint density at radius 1 is 0.935 bits per heavy atom. The summed E-state index contributed by atoms with van der Waals surface area (Å²) in [4.78, 5) is 25.8. The number of hydrogen-bond acceptors (Lipinski definition) is 8. The van der Waals surface area contributed by atoms with E-state index < -0.39 is 39.9 Å². The zero-order valence-corrected chi connectivity index (χ0v) is 16.6. The minimum Gasteiger partial charge on any atom is -0.505 e. The third-order valence-electron chi connectivity index (χ3n) is 4.11. The van der Waals surface area contributed by atoms with Gasteiger partial charge in [0, 0.05) is 17.0 Å². The van der Waals surface area contributed by atoms with E-state index in [2.05, 4.69) is 15.2 Å². The van der Waals surface area contributed by atoms with Gasteiger partial charge in [0.25, 0.3) is 0 Å². The number of aliphatic carboxylic acids is 2. The third-order valence-corrected chi connectivity index (χ3v) is 5.94. The Labute approximate surface area is 176 Å². The fourth-order valence-electron chi connectivity index (χ4n) is 2.79. The summed E-state index contributed by atoms with van der Waals surface area (Å²) in [7, 11) is -4.60. The summed E-state index contributed by atoms with van der Waals surface area (Å²) in [6.45, 7) is -2.12. The smallest absolute Gasteiger partial charge is 0.318 e. The molecule has 0 aliphatic heterocycles. The summed E-state index contributed by atoms with van der Waals surface area (Å²) in [6, 6.07) is 11.8. The molecule has 0 atom stereocenters. The SMILES string of the molecule is O=C(O)CN(CC(=O)O)S(=O)(=O)c1cc(N=Nc2ccccn2)c(O)c2ccccc12. The van der Waals surface area contributed by atoms with Crippen molar-refractivity contribution in [3.05, 3.63) is 54.7 Å². The van der Waals surface area contributed by atoms with Gasteiger partial charge in [-0.3, -0.25) is 9.59 Å². The normalized spacial score (nSPS) is 11.9. The highest BCUT2D eigenvalue weighted by atomic mass is 32.2. The zero-order valence-electron chi connectivity index (χ0n) is 15.8. The number of hydrogen-bond donors (Lipinski definition) is 3. The number of sulfonamides is 1. The molecule has 1 heterocycles. The van der Waals surface area contributed by atoms with Gasteiger partial charge in [0.2, 0.25) is 10.0 Å². The van der Waals surface area contributed by atoms with E-state index in [1.54, 1.807) is 24.3 Å². The molecule has 11 nitrogen and oxygen atoms in total. The standard InChI is InChI=1S/C19H16N4O7S/c24-17(25)10-23(11-18(26)27)31(29,30)15-9-14(21-22-16-7-3-4-8-20-16)19(28)13-6-2-1-5-12(13)15/h1-9,28H,10-11H2,(H,24,25)(H,26,27). The highest BCUT2D eigenvalue weighted by Gasteiger charge is 2.31. The quantitative estimate of drug-likeness (QED) is 0.445. The molecule has 0 radical (unpaired) electrons. The van der Waals surface area contributed by atoms with Gasteiger partial charge in [-0.05, 0) is 18.2 Å². The highest BCUT2D eigenvalue weighted by molar-refractivity contribution is 7.89. The van der Waals surface area contributed by atoms with Gasteiger partial charge in [0.1, 0.15) is 18.8 Å². The van der Waals surface area contributed by atoms with Crippen molar-refractivity contribution in [3.63, 3.8) is 0 Å². The maximum atomic E-state index is 13.2. The average Bonchev–Trinajstić information content (AvgIpc) is 2.73. The molecule has 12 heteroatoms. The lowest BCUT2D eigenvalue weighted by molar-refractivity contribution is -0.139. The number of phenols is 1. The van der Waals surface area contributed by atoms with Crippen molar-refractivity contribution >= 4 is 44.2 Å². The lowest BCUT2D eigenvalue weighted by Crippen LogP contribution is -2.39. The molecule has 3 aromatic rings. The van der Waals surface area contributed by atoms with Crippen LogP contribution in [0.4, 0.5) is 11.5 Å². The highest BCUT2D eigenvalue weighted by Crippen LogP contribution is 2.40. The molecule has 0 spiro atoms. The molecule has 0 aliphatic rings.